The molecule has 12 heteroatoms. The minimum absolute atomic E-state index is 0.185. The molecule has 1 N–H and O–H groups in total. The predicted octanol–water partition coefficient (Wildman–Crippen LogP) is 4.03. The Bertz CT molecular complexity index is 1590. The van der Waals surface area contributed by atoms with E-state index in [2.05, 4.69) is 43.0 Å². The molecule has 210 valence electrons. The number of imidazole rings is 1. The second-order valence-corrected chi connectivity index (χ2v) is 9.92. The highest BCUT2D eigenvalue weighted by molar-refractivity contribution is 5.89. The van der Waals surface area contributed by atoms with Crippen LogP contribution in [0.3, 0.4) is 0 Å². The van der Waals surface area contributed by atoms with E-state index in [1.807, 2.05) is 18.2 Å². The summed E-state index contributed by atoms with van der Waals surface area (Å²) >= 11 is 0. The van der Waals surface area contributed by atoms with E-state index in [4.69, 9.17) is 9.47 Å². The highest BCUT2D eigenvalue weighted by Crippen LogP contribution is 2.32. The molecule has 0 saturated carbocycles. The number of carbonyl (C=O) groups is 1. The van der Waals surface area contributed by atoms with Gasteiger partial charge in [-0.1, -0.05) is 0 Å². The van der Waals surface area contributed by atoms with Crippen molar-refractivity contribution in [3.05, 3.63) is 54.4 Å². The topological polar surface area (TPSA) is 120 Å². The van der Waals surface area contributed by atoms with E-state index >= 15 is 0 Å². The van der Waals surface area contributed by atoms with Gasteiger partial charge in [-0.3, -0.25) is 4.79 Å². The first-order valence-corrected chi connectivity index (χ1v) is 13.4. The number of amides is 1. The van der Waals surface area contributed by atoms with Crippen molar-refractivity contribution in [2.45, 2.75) is 25.4 Å². The van der Waals surface area contributed by atoms with Gasteiger partial charge in [-0.2, -0.15) is 14.0 Å². The normalized spacial score (nSPS) is 16.2. The molecule has 2 aromatic heterocycles. The number of nitriles is 1. The van der Waals surface area contributed by atoms with Crippen LogP contribution in [0.2, 0.25) is 0 Å². The third-order valence-electron chi connectivity index (χ3n) is 7.41. The number of aromatic amines is 1. The highest BCUT2D eigenvalue weighted by Gasteiger charge is 2.29. The Labute approximate surface area is 234 Å². The fourth-order valence-electron chi connectivity index (χ4n) is 5.21. The number of benzene rings is 2. The van der Waals surface area contributed by atoms with E-state index in [1.54, 1.807) is 12.1 Å². The number of anilines is 1. The van der Waals surface area contributed by atoms with Gasteiger partial charge in [0, 0.05) is 55.8 Å². The van der Waals surface area contributed by atoms with Crippen LogP contribution in [-0.4, -0.2) is 82.7 Å². The molecule has 10 nitrogen and oxygen atoms in total. The smallest absolute Gasteiger partial charge is 0.315 e. The highest BCUT2D eigenvalue weighted by atomic mass is 19.3. The molecule has 4 aromatic rings. The summed E-state index contributed by atoms with van der Waals surface area (Å²) in [7, 11) is 0. The van der Waals surface area contributed by atoms with Crippen LogP contribution in [-0.2, 0) is 9.53 Å². The maximum atomic E-state index is 12.7. The van der Waals surface area contributed by atoms with Crippen molar-refractivity contribution in [2.24, 2.45) is 0 Å². The van der Waals surface area contributed by atoms with Crippen LogP contribution in [0.25, 0.3) is 33.8 Å². The number of alkyl halides is 2. The number of rotatable bonds is 6. The van der Waals surface area contributed by atoms with Crippen molar-refractivity contribution in [3.63, 3.8) is 0 Å². The fraction of sp³-hybridized carbons (Fsp3) is 0.345. The second kappa shape index (κ2) is 11.5. The molecule has 2 aromatic carbocycles. The average molecular weight is 560 g/mol. The van der Waals surface area contributed by atoms with E-state index < -0.39 is 12.3 Å². The van der Waals surface area contributed by atoms with Gasteiger partial charge in [-0.15, -0.1) is 0 Å². The van der Waals surface area contributed by atoms with Crippen molar-refractivity contribution in [1.29, 1.82) is 5.26 Å². The van der Waals surface area contributed by atoms with Crippen LogP contribution in [0.5, 0.6) is 5.75 Å². The first-order valence-electron chi connectivity index (χ1n) is 13.4. The zero-order valence-corrected chi connectivity index (χ0v) is 22.1. The number of nitrogens with one attached hydrogen (secondary N) is 1. The zero-order valence-electron chi connectivity index (χ0n) is 22.1. The first-order chi connectivity index (χ1) is 20.0. The minimum Gasteiger partial charge on any atom is -0.489 e. The Morgan fingerprint density at radius 3 is 2.49 bits per heavy atom. The van der Waals surface area contributed by atoms with Gasteiger partial charge in [-0.25, -0.2) is 15.0 Å². The summed E-state index contributed by atoms with van der Waals surface area (Å²) in [6, 6.07) is 15.6. The van der Waals surface area contributed by atoms with E-state index in [9.17, 15) is 18.8 Å². The van der Waals surface area contributed by atoms with Crippen molar-refractivity contribution >= 4 is 22.8 Å². The van der Waals surface area contributed by atoms with E-state index in [0.717, 1.165) is 42.5 Å². The molecular weight excluding hydrogens is 532 g/mol. The largest absolute Gasteiger partial charge is 0.489 e. The quantitative estimate of drug-likeness (QED) is 0.376. The molecule has 2 aliphatic heterocycles. The third kappa shape index (κ3) is 5.53. The number of aromatic nitrogens is 4. The van der Waals surface area contributed by atoms with Crippen molar-refractivity contribution in [3.8, 4) is 34.5 Å². The van der Waals surface area contributed by atoms with Gasteiger partial charge in [0.05, 0.1) is 24.5 Å². The van der Waals surface area contributed by atoms with Crippen LogP contribution in [0.15, 0.2) is 48.8 Å². The molecule has 6 rings (SSSR count). The Morgan fingerprint density at radius 1 is 1.05 bits per heavy atom. The summed E-state index contributed by atoms with van der Waals surface area (Å²) in [4.78, 5) is 31.8. The third-order valence-corrected chi connectivity index (χ3v) is 7.41. The van der Waals surface area contributed by atoms with Gasteiger partial charge in [-0.05, 0) is 42.5 Å². The van der Waals surface area contributed by atoms with Crippen LogP contribution < -0.4 is 9.64 Å². The molecule has 0 unspecified atom stereocenters. The van der Waals surface area contributed by atoms with Crippen molar-refractivity contribution < 1.29 is 23.0 Å². The summed E-state index contributed by atoms with van der Waals surface area (Å²) in [5, 5.41) is 9.85. The second-order valence-electron chi connectivity index (χ2n) is 9.92. The lowest BCUT2D eigenvalue weighted by atomic mass is 10.1. The van der Waals surface area contributed by atoms with Gasteiger partial charge in [0.25, 0.3) is 5.91 Å². The van der Waals surface area contributed by atoms with E-state index in [-0.39, 0.29) is 19.2 Å². The lowest BCUT2D eigenvalue weighted by molar-refractivity contribution is -0.144. The van der Waals surface area contributed by atoms with Gasteiger partial charge in [0.1, 0.15) is 35.6 Å². The number of morpholine rings is 1. The van der Waals surface area contributed by atoms with Crippen LogP contribution in [0, 0.1) is 11.3 Å². The van der Waals surface area contributed by atoms with Gasteiger partial charge in [0.15, 0.2) is 5.65 Å². The van der Waals surface area contributed by atoms with Gasteiger partial charge >= 0.3 is 6.43 Å². The summed E-state index contributed by atoms with van der Waals surface area (Å²) in [5.41, 5.74) is 4.80. The Hall–Kier alpha value is -4.63. The summed E-state index contributed by atoms with van der Waals surface area (Å²) in [5.74, 6) is -0.105. The molecule has 1 amide bonds. The first kappa shape index (κ1) is 26.6. The van der Waals surface area contributed by atoms with E-state index in [0.29, 0.717) is 52.4 Å². The molecule has 0 radical (unpaired) electrons. The fourth-order valence-corrected chi connectivity index (χ4v) is 5.21. The molecule has 2 aliphatic rings. The maximum absolute atomic E-state index is 12.7. The van der Waals surface area contributed by atoms with Crippen LogP contribution in [0.4, 0.5) is 14.5 Å². The standard InChI is InChI=1S/C29H27F2N7O3/c30-26(31)29(39)38-9-7-22(8-10-38)41-23-6-3-19(15-20(23)16-32)24-25-28(34-17-33-24)36-27(35-25)18-1-4-21(5-2-18)37-11-13-40-14-12-37/h1-6,15,17,22,26H,7-14H2,(H,33,34,35,36). The molecule has 4 heterocycles. The predicted molar refractivity (Wildman–Crippen MR) is 147 cm³/mol. The average Bonchev–Trinajstić information content (AvgIpc) is 3.46. The Kier molecular flexibility index (Phi) is 7.43. The number of halogens is 2. The van der Waals surface area contributed by atoms with Crippen LogP contribution in [0.1, 0.15) is 18.4 Å². The zero-order chi connectivity index (χ0) is 28.3. The lowest BCUT2D eigenvalue weighted by Crippen LogP contribution is -2.44. The molecule has 41 heavy (non-hydrogen) atoms. The van der Waals surface area contributed by atoms with Gasteiger partial charge < -0.3 is 24.3 Å². The molecule has 2 fully saturated rings. The number of likely N-dealkylation sites (tertiary alicyclic amines) is 1. The summed E-state index contributed by atoms with van der Waals surface area (Å²) in [6.07, 6.45) is -1.05. The number of fused-ring (bicyclic) bond motifs is 1. The number of H-pyrrole nitrogens is 1. The number of ether oxygens (including phenoxy) is 2. The molecule has 0 aliphatic carbocycles. The lowest BCUT2D eigenvalue weighted by Gasteiger charge is -2.32. The number of nitrogens with zero attached hydrogens (tertiary/aromatic N) is 6. The number of hydrogen-bond donors (Lipinski definition) is 1. The monoisotopic (exact) mass is 559 g/mol. The summed E-state index contributed by atoms with van der Waals surface area (Å²) in [6.45, 7) is 3.53. The Morgan fingerprint density at radius 2 is 1.78 bits per heavy atom. The van der Waals surface area contributed by atoms with Gasteiger partial charge in [0.2, 0.25) is 0 Å². The minimum atomic E-state index is -3.01. The van der Waals surface area contributed by atoms with E-state index in [1.165, 1.54) is 6.33 Å². The summed E-state index contributed by atoms with van der Waals surface area (Å²) < 4.78 is 36.9. The van der Waals surface area contributed by atoms with Crippen LogP contribution >= 0.6 is 0 Å². The molecule has 2 saturated heterocycles. The van der Waals surface area contributed by atoms with Crippen molar-refractivity contribution in [1.82, 2.24) is 24.8 Å². The Balaban J connectivity index is 1.21. The molecule has 0 bridgehead atoms. The SMILES string of the molecule is N#Cc1cc(-c2ncnc3nc(-c4ccc(N5CCOCC5)cc4)[nH]c23)ccc1OC1CCN(C(=O)C(F)F)CC1. The maximum Gasteiger partial charge on any atom is 0.315 e. The van der Waals surface area contributed by atoms with Crippen molar-refractivity contribution in [2.75, 3.05) is 44.3 Å². The molecule has 0 spiro atoms. The number of piperidine rings is 1. The molecule has 0 atom stereocenters. The molecular formula is C29H27F2N7O3. The number of hydrogen-bond acceptors (Lipinski definition) is 8. The number of carbonyl (C=O) groups excluding carboxylic acids is 1.